The van der Waals surface area contributed by atoms with Crippen molar-refractivity contribution in [1.29, 1.82) is 5.26 Å². The molecule has 1 N–H and O–H groups in total. The molecule has 1 aliphatic heterocycles. The molecule has 8 nitrogen and oxygen atoms in total. The number of carbonyl (C=O) groups is 3. The largest absolute Gasteiger partial charge is 0.465 e. The van der Waals surface area contributed by atoms with Gasteiger partial charge in [0, 0.05) is 18.3 Å². The molecule has 2 atom stereocenters. The number of fused-ring (bicyclic) bond motifs is 1. The number of rotatable bonds is 4. The first-order chi connectivity index (χ1) is 12.9. The van der Waals surface area contributed by atoms with E-state index in [1.165, 1.54) is 18.9 Å². The van der Waals surface area contributed by atoms with E-state index in [0.717, 1.165) is 0 Å². The predicted octanol–water partition coefficient (Wildman–Crippen LogP) is 2.48. The molecule has 28 heavy (non-hydrogen) atoms. The Morgan fingerprint density at radius 1 is 1.25 bits per heavy atom. The summed E-state index contributed by atoms with van der Waals surface area (Å²) in [7, 11) is 1.52. The SMILES string of the molecule is CCOC(=O)C(C)(C#N)C1(NC(=O)OC(C)(C)C)C(=O)N(C)c2ccccc21. The minimum Gasteiger partial charge on any atom is -0.465 e. The minimum absolute atomic E-state index is 0.0182. The zero-order chi connectivity index (χ0) is 21.3. The molecule has 0 saturated carbocycles. The smallest absolute Gasteiger partial charge is 0.408 e. The highest BCUT2D eigenvalue weighted by Crippen LogP contribution is 2.50. The van der Waals surface area contributed by atoms with Crippen molar-refractivity contribution in [1.82, 2.24) is 5.32 Å². The first-order valence-electron chi connectivity index (χ1n) is 8.92. The molecule has 0 fully saturated rings. The van der Waals surface area contributed by atoms with Gasteiger partial charge in [-0.3, -0.25) is 9.59 Å². The van der Waals surface area contributed by atoms with Crippen molar-refractivity contribution in [3.05, 3.63) is 29.8 Å². The van der Waals surface area contributed by atoms with Crippen molar-refractivity contribution < 1.29 is 23.9 Å². The number of nitriles is 1. The van der Waals surface area contributed by atoms with Gasteiger partial charge >= 0.3 is 12.1 Å². The first-order valence-corrected chi connectivity index (χ1v) is 8.92. The number of likely N-dealkylation sites (N-methyl/N-ethyl adjacent to an activating group) is 1. The van der Waals surface area contributed by atoms with Crippen LogP contribution < -0.4 is 10.2 Å². The van der Waals surface area contributed by atoms with Crippen molar-refractivity contribution >= 4 is 23.7 Å². The molecule has 0 radical (unpaired) electrons. The van der Waals surface area contributed by atoms with E-state index in [4.69, 9.17) is 9.47 Å². The van der Waals surface area contributed by atoms with Crippen LogP contribution in [0.5, 0.6) is 0 Å². The summed E-state index contributed by atoms with van der Waals surface area (Å²) >= 11 is 0. The molecule has 0 saturated heterocycles. The maximum Gasteiger partial charge on any atom is 0.408 e. The van der Waals surface area contributed by atoms with Crippen LogP contribution in [0.25, 0.3) is 0 Å². The highest BCUT2D eigenvalue weighted by atomic mass is 16.6. The molecule has 0 spiro atoms. The fourth-order valence-electron chi connectivity index (χ4n) is 3.30. The number of alkyl carbamates (subject to hydrolysis) is 1. The van der Waals surface area contributed by atoms with E-state index < -0.39 is 34.5 Å². The van der Waals surface area contributed by atoms with Crippen LogP contribution >= 0.6 is 0 Å². The van der Waals surface area contributed by atoms with Gasteiger partial charge in [0.05, 0.1) is 12.7 Å². The van der Waals surface area contributed by atoms with Gasteiger partial charge in [-0.1, -0.05) is 18.2 Å². The van der Waals surface area contributed by atoms with E-state index in [9.17, 15) is 19.6 Å². The lowest BCUT2D eigenvalue weighted by atomic mass is 9.68. The lowest BCUT2D eigenvalue weighted by Gasteiger charge is -2.39. The fraction of sp³-hybridized carbons (Fsp3) is 0.500. The predicted molar refractivity (Wildman–Crippen MR) is 101 cm³/mol. The van der Waals surface area contributed by atoms with Crippen molar-refractivity contribution in [2.24, 2.45) is 5.41 Å². The number of carbonyl (C=O) groups excluding carboxylic acids is 3. The molecular weight excluding hydrogens is 362 g/mol. The molecule has 150 valence electrons. The Labute approximate surface area is 164 Å². The Morgan fingerprint density at radius 2 is 1.86 bits per heavy atom. The van der Waals surface area contributed by atoms with Gasteiger partial charge in [-0.25, -0.2) is 4.79 Å². The zero-order valence-electron chi connectivity index (χ0n) is 17.0. The normalized spacial score (nSPS) is 20.6. The van der Waals surface area contributed by atoms with Gasteiger partial charge in [-0.2, -0.15) is 5.26 Å². The Bertz CT molecular complexity index is 854. The molecule has 1 aliphatic rings. The maximum atomic E-state index is 13.4. The van der Waals surface area contributed by atoms with Crippen molar-refractivity contribution in [3.8, 4) is 6.07 Å². The summed E-state index contributed by atoms with van der Waals surface area (Å²) in [6.45, 7) is 7.92. The molecule has 2 amide bonds. The summed E-state index contributed by atoms with van der Waals surface area (Å²) in [6, 6.07) is 8.58. The van der Waals surface area contributed by atoms with Gasteiger partial charge in [0.1, 0.15) is 5.60 Å². The number of anilines is 1. The highest BCUT2D eigenvalue weighted by molar-refractivity contribution is 6.12. The van der Waals surface area contributed by atoms with Crippen LogP contribution in [-0.4, -0.2) is 37.2 Å². The third kappa shape index (κ3) is 3.17. The second kappa shape index (κ2) is 7.15. The Kier molecular flexibility index (Phi) is 5.42. The van der Waals surface area contributed by atoms with E-state index in [2.05, 4.69) is 5.32 Å². The van der Waals surface area contributed by atoms with Crippen LogP contribution in [-0.2, 0) is 24.6 Å². The third-order valence-corrected chi connectivity index (χ3v) is 4.64. The molecule has 1 heterocycles. The second-order valence-electron chi connectivity index (χ2n) is 7.72. The highest BCUT2D eigenvalue weighted by Gasteiger charge is 2.67. The number of amides is 2. The molecule has 0 aromatic heterocycles. The summed E-state index contributed by atoms with van der Waals surface area (Å²) in [4.78, 5) is 40.2. The van der Waals surface area contributed by atoms with Crippen molar-refractivity contribution in [2.75, 3.05) is 18.6 Å². The monoisotopic (exact) mass is 387 g/mol. The van der Waals surface area contributed by atoms with Crippen LogP contribution in [0.2, 0.25) is 0 Å². The number of ether oxygens (including phenoxy) is 2. The van der Waals surface area contributed by atoms with Crippen LogP contribution in [0.15, 0.2) is 24.3 Å². The van der Waals surface area contributed by atoms with Crippen LogP contribution in [0.1, 0.15) is 40.2 Å². The number of hydrogen-bond acceptors (Lipinski definition) is 6. The van der Waals surface area contributed by atoms with Crippen molar-refractivity contribution in [2.45, 2.75) is 45.8 Å². The summed E-state index contributed by atoms with van der Waals surface area (Å²) in [5, 5.41) is 12.5. The van der Waals surface area contributed by atoms with Crippen molar-refractivity contribution in [3.63, 3.8) is 0 Å². The topological polar surface area (TPSA) is 109 Å². The third-order valence-electron chi connectivity index (χ3n) is 4.64. The molecule has 8 heteroatoms. The molecule has 1 aromatic carbocycles. The van der Waals surface area contributed by atoms with Crippen LogP contribution in [0.3, 0.4) is 0 Å². The number of benzene rings is 1. The van der Waals surface area contributed by atoms with E-state index in [-0.39, 0.29) is 6.61 Å². The number of esters is 1. The van der Waals surface area contributed by atoms with Gasteiger partial charge in [-0.15, -0.1) is 0 Å². The van der Waals surface area contributed by atoms with E-state index in [0.29, 0.717) is 11.3 Å². The number of nitrogens with one attached hydrogen (secondary N) is 1. The lowest BCUT2D eigenvalue weighted by Crippen LogP contribution is -2.64. The molecule has 2 unspecified atom stereocenters. The average Bonchev–Trinajstić information content (AvgIpc) is 2.83. The van der Waals surface area contributed by atoms with Gasteiger partial charge in [0.25, 0.3) is 5.91 Å². The number of nitrogens with zero attached hydrogens (tertiary/aromatic N) is 2. The lowest BCUT2D eigenvalue weighted by molar-refractivity contribution is -0.158. The fourth-order valence-corrected chi connectivity index (χ4v) is 3.30. The summed E-state index contributed by atoms with van der Waals surface area (Å²) in [6.07, 6.45) is -0.920. The van der Waals surface area contributed by atoms with Gasteiger partial charge in [0.15, 0.2) is 11.0 Å². The quantitative estimate of drug-likeness (QED) is 0.795. The molecule has 2 rings (SSSR count). The summed E-state index contributed by atoms with van der Waals surface area (Å²) in [5.74, 6) is -1.54. The van der Waals surface area contributed by atoms with Gasteiger partial charge < -0.3 is 19.7 Å². The van der Waals surface area contributed by atoms with E-state index >= 15 is 0 Å². The van der Waals surface area contributed by atoms with Gasteiger partial charge in [0.2, 0.25) is 0 Å². The zero-order valence-corrected chi connectivity index (χ0v) is 17.0. The Hall–Kier alpha value is -3.08. The van der Waals surface area contributed by atoms with E-state index in [1.54, 1.807) is 52.0 Å². The molecule has 0 bridgehead atoms. The number of para-hydroxylation sites is 1. The Balaban J connectivity index is 2.74. The summed E-state index contributed by atoms with van der Waals surface area (Å²) in [5.41, 5.74) is -4.06. The van der Waals surface area contributed by atoms with Crippen LogP contribution in [0, 0.1) is 16.7 Å². The molecular formula is C20H25N3O5. The summed E-state index contributed by atoms with van der Waals surface area (Å²) < 4.78 is 10.4. The standard InChI is InChI=1S/C20H25N3O5/c1-7-27-16(25)19(5,12-21)20(22-17(26)28-18(2,3)4)13-10-8-9-11-14(13)23(6)15(20)24/h8-11H,7H2,1-6H3,(H,22,26). The average molecular weight is 387 g/mol. The first kappa shape index (κ1) is 21.2. The second-order valence-corrected chi connectivity index (χ2v) is 7.72. The molecule has 1 aromatic rings. The Morgan fingerprint density at radius 3 is 2.39 bits per heavy atom. The molecule has 0 aliphatic carbocycles. The maximum absolute atomic E-state index is 13.4. The van der Waals surface area contributed by atoms with Gasteiger partial charge in [-0.05, 0) is 40.7 Å². The minimum atomic E-state index is -2.03. The van der Waals surface area contributed by atoms with E-state index in [1.807, 2.05) is 6.07 Å². The number of hydrogen-bond donors (Lipinski definition) is 1. The van der Waals surface area contributed by atoms with Crippen LogP contribution in [0.4, 0.5) is 10.5 Å².